The van der Waals surface area contributed by atoms with Gasteiger partial charge in [-0.1, -0.05) is 42.5 Å². The molecule has 2 unspecified atom stereocenters. The fourth-order valence-corrected chi connectivity index (χ4v) is 3.12. The molecule has 158 valence electrons. The highest BCUT2D eigenvalue weighted by molar-refractivity contribution is 5.94. The molecule has 1 aromatic carbocycles. The number of hydrogen-bond acceptors (Lipinski definition) is 5. The molecule has 0 heterocycles. The van der Waals surface area contributed by atoms with Crippen LogP contribution in [0.1, 0.15) is 33.3 Å². The second-order valence-electron chi connectivity index (χ2n) is 8.02. The van der Waals surface area contributed by atoms with Crippen LogP contribution in [0.2, 0.25) is 0 Å². The SMILES string of the molecule is COC(=O)[C@@H](NC(=O)C1(F)C=CC(c2ccccc2)=CC1N)[C@@H](C)OC(C)(C)C. The van der Waals surface area contributed by atoms with E-state index in [2.05, 4.69) is 5.32 Å². The monoisotopic (exact) mass is 404 g/mol. The summed E-state index contributed by atoms with van der Waals surface area (Å²) in [4.78, 5) is 24.9. The molecule has 1 aromatic rings. The number of amides is 1. The molecular formula is C22H29FN2O4. The third-order valence-electron chi connectivity index (χ3n) is 4.56. The van der Waals surface area contributed by atoms with Crippen molar-refractivity contribution >= 4 is 17.4 Å². The molecular weight excluding hydrogens is 375 g/mol. The smallest absolute Gasteiger partial charge is 0.331 e. The zero-order valence-corrected chi connectivity index (χ0v) is 17.4. The molecule has 0 saturated heterocycles. The summed E-state index contributed by atoms with van der Waals surface area (Å²) < 4.78 is 26.0. The van der Waals surface area contributed by atoms with Crippen LogP contribution in [0.15, 0.2) is 48.6 Å². The normalized spacial score (nSPS) is 23.7. The van der Waals surface area contributed by atoms with Gasteiger partial charge in [-0.05, 0) is 44.9 Å². The van der Waals surface area contributed by atoms with E-state index in [9.17, 15) is 9.59 Å². The topological polar surface area (TPSA) is 90.7 Å². The Morgan fingerprint density at radius 1 is 1.24 bits per heavy atom. The van der Waals surface area contributed by atoms with Gasteiger partial charge in [-0.15, -0.1) is 0 Å². The van der Waals surface area contributed by atoms with Gasteiger partial charge in [-0.3, -0.25) is 4.79 Å². The van der Waals surface area contributed by atoms with Crippen LogP contribution in [0.4, 0.5) is 4.39 Å². The third kappa shape index (κ3) is 5.52. The average Bonchev–Trinajstić information content (AvgIpc) is 2.66. The number of nitrogens with two attached hydrogens (primary N) is 1. The number of methoxy groups -OCH3 is 1. The first-order valence-corrected chi connectivity index (χ1v) is 9.45. The Kier molecular flexibility index (Phi) is 6.97. The van der Waals surface area contributed by atoms with Gasteiger partial charge in [-0.25, -0.2) is 9.18 Å². The van der Waals surface area contributed by atoms with Crippen LogP contribution < -0.4 is 11.1 Å². The van der Waals surface area contributed by atoms with Gasteiger partial charge in [0.2, 0.25) is 5.67 Å². The van der Waals surface area contributed by atoms with Crippen molar-refractivity contribution in [2.75, 3.05) is 7.11 Å². The predicted octanol–water partition coefficient (Wildman–Crippen LogP) is 2.54. The molecule has 0 bridgehead atoms. The van der Waals surface area contributed by atoms with Crippen molar-refractivity contribution < 1.29 is 23.5 Å². The van der Waals surface area contributed by atoms with Crippen LogP contribution in [-0.2, 0) is 19.1 Å². The van der Waals surface area contributed by atoms with E-state index in [4.69, 9.17) is 15.2 Å². The lowest BCUT2D eigenvalue weighted by molar-refractivity contribution is -0.154. The molecule has 0 aromatic heterocycles. The summed E-state index contributed by atoms with van der Waals surface area (Å²) in [6.45, 7) is 7.05. The molecule has 0 spiro atoms. The Hall–Kier alpha value is -2.51. The standard InChI is InChI=1S/C22H29FN2O4/c1-14(29-21(2,3)4)18(19(26)28-5)25-20(27)22(23)12-11-16(13-17(22)24)15-9-7-6-8-10-15/h6-14,17-18H,24H2,1-5H3,(H,25,27)/t14-,17?,18+,22?/m1/s1. The van der Waals surface area contributed by atoms with Crippen LogP contribution in [0.5, 0.6) is 0 Å². The van der Waals surface area contributed by atoms with E-state index in [1.54, 1.807) is 6.92 Å². The minimum Gasteiger partial charge on any atom is -0.467 e. The summed E-state index contributed by atoms with van der Waals surface area (Å²) in [5.41, 5.74) is 4.49. The van der Waals surface area contributed by atoms with Crippen molar-refractivity contribution in [1.29, 1.82) is 0 Å². The van der Waals surface area contributed by atoms with E-state index in [1.165, 1.54) is 19.3 Å². The van der Waals surface area contributed by atoms with E-state index in [0.29, 0.717) is 5.57 Å². The molecule has 1 aliphatic carbocycles. The van der Waals surface area contributed by atoms with Crippen molar-refractivity contribution in [3.8, 4) is 0 Å². The van der Waals surface area contributed by atoms with Crippen molar-refractivity contribution in [1.82, 2.24) is 5.32 Å². The maximum absolute atomic E-state index is 15.5. The second kappa shape index (κ2) is 8.88. The third-order valence-corrected chi connectivity index (χ3v) is 4.56. The number of benzene rings is 1. The number of carbonyl (C=O) groups excluding carboxylic acids is 2. The number of ether oxygens (including phenoxy) is 2. The predicted molar refractivity (Wildman–Crippen MR) is 110 cm³/mol. The van der Waals surface area contributed by atoms with E-state index in [1.807, 2.05) is 51.1 Å². The first-order valence-electron chi connectivity index (χ1n) is 9.45. The minimum atomic E-state index is -2.51. The summed E-state index contributed by atoms with van der Waals surface area (Å²) in [5, 5.41) is 2.41. The fourth-order valence-electron chi connectivity index (χ4n) is 3.12. The Morgan fingerprint density at radius 2 is 1.86 bits per heavy atom. The molecule has 1 amide bonds. The van der Waals surface area contributed by atoms with Crippen molar-refractivity contribution in [3.05, 3.63) is 54.1 Å². The summed E-state index contributed by atoms with van der Waals surface area (Å²) in [7, 11) is 1.19. The van der Waals surface area contributed by atoms with E-state index in [-0.39, 0.29) is 0 Å². The number of nitrogens with one attached hydrogen (secondary N) is 1. The Balaban J connectivity index is 2.20. The number of halogens is 1. The van der Waals surface area contributed by atoms with Crippen LogP contribution in [0, 0.1) is 0 Å². The highest BCUT2D eigenvalue weighted by Crippen LogP contribution is 2.29. The number of carbonyl (C=O) groups is 2. The largest absolute Gasteiger partial charge is 0.467 e. The number of esters is 1. The first-order chi connectivity index (χ1) is 13.5. The van der Waals surface area contributed by atoms with Gasteiger partial charge in [0.25, 0.3) is 5.91 Å². The first kappa shape index (κ1) is 22.8. The lowest BCUT2D eigenvalue weighted by atomic mass is 9.86. The van der Waals surface area contributed by atoms with Crippen molar-refractivity contribution in [2.24, 2.45) is 5.73 Å². The Morgan fingerprint density at radius 3 is 2.38 bits per heavy atom. The lowest BCUT2D eigenvalue weighted by Crippen LogP contribution is -2.60. The van der Waals surface area contributed by atoms with E-state index < -0.39 is 41.3 Å². The van der Waals surface area contributed by atoms with Gasteiger partial charge in [-0.2, -0.15) is 0 Å². The quantitative estimate of drug-likeness (QED) is 0.711. The zero-order chi connectivity index (χ0) is 21.8. The average molecular weight is 404 g/mol. The molecule has 29 heavy (non-hydrogen) atoms. The lowest BCUT2D eigenvalue weighted by Gasteiger charge is -2.33. The summed E-state index contributed by atoms with van der Waals surface area (Å²) in [6.07, 6.45) is 3.39. The summed E-state index contributed by atoms with van der Waals surface area (Å²) in [6, 6.07) is 6.92. The van der Waals surface area contributed by atoms with Gasteiger partial charge in [0.05, 0.1) is 24.9 Å². The molecule has 7 heteroatoms. The molecule has 0 aliphatic heterocycles. The van der Waals surface area contributed by atoms with Gasteiger partial charge in [0, 0.05) is 0 Å². The van der Waals surface area contributed by atoms with Crippen molar-refractivity contribution in [3.63, 3.8) is 0 Å². The maximum Gasteiger partial charge on any atom is 0.331 e. The number of alkyl halides is 1. The van der Waals surface area contributed by atoms with Crippen LogP contribution in [0.3, 0.4) is 0 Å². The Labute approximate surface area is 170 Å². The highest BCUT2D eigenvalue weighted by atomic mass is 19.1. The van der Waals surface area contributed by atoms with Crippen LogP contribution >= 0.6 is 0 Å². The van der Waals surface area contributed by atoms with Crippen LogP contribution in [-0.4, -0.2) is 48.4 Å². The molecule has 6 nitrogen and oxygen atoms in total. The fraction of sp³-hybridized carbons (Fsp3) is 0.455. The van der Waals surface area contributed by atoms with Crippen LogP contribution in [0.25, 0.3) is 5.57 Å². The van der Waals surface area contributed by atoms with E-state index in [0.717, 1.165) is 11.6 Å². The van der Waals surface area contributed by atoms with E-state index >= 15 is 4.39 Å². The molecule has 0 fully saturated rings. The molecule has 4 atom stereocenters. The van der Waals surface area contributed by atoms with Gasteiger partial charge >= 0.3 is 5.97 Å². The molecule has 3 N–H and O–H groups in total. The molecule has 2 rings (SSSR count). The van der Waals surface area contributed by atoms with Gasteiger partial charge < -0.3 is 20.5 Å². The van der Waals surface area contributed by atoms with Gasteiger partial charge in [0.15, 0.2) is 6.04 Å². The summed E-state index contributed by atoms with van der Waals surface area (Å²) >= 11 is 0. The number of hydrogen-bond donors (Lipinski definition) is 2. The van der Waals surface area contributed by atoms with Gasteiger partial charge in [0.1, 0.15) is 0 Å². The maximum atomic E-state index is 15.5. The molecule has 0 saturated carbocycles. The summed E-state index contributed by atoms with van der Waals surface area (Å²) in [5.74, 6) is -1.75. The molecule has 0 radical (unpaired) electrons. The van der Waals surface area contributed by atoms with Crippen molar-refractivity contribution in [2.45, 2.75) is 57.2 Å². The number of rotatable bonds is 6. The minimum absolute atomic E-state index is 0.571. The molecule has 1 aliphatic rings. The highest BCUT2D eigenvalue weighted by Gasteiger charge is 2.45. The zero-order valence-electron chi connectivity index (χ0n) is 17.4. The Bertz CT molecular complexity index is 801. The second-order valence-corrected chi connectivity index (χ2v) is 8.02. The number of allylic oxidation sites excluding steroid dienone is 2.